The molecule has 0 spiro atoms. The van der Waals surface area contributed by atoms with Gasteiger partial charge in [0.05, 0.1) is 16.6 Å². The van der Waals surface area contributed by atoms with E-state index in [1.807, 2.05) is 0 Å². The summed E-state index contributed by atoms with van der Waals surface area (Å²) in [5.41, 5.74) is 0. The zero-order chi connectivity index (χ0) is 15.1. The van der Waals surface area contributed by atoms with Crippen LogP contribution in [0.3, 0.4) is 0 Å². The number of nitrogens with zero attached hydrogens (tertiary/aromatic N) is 1. The molecule has 1 aromatic carbocycles. The molecule has 108 valence electrons. The molecule has 0 bridgehead atoms. The van der Waals surface area contributed by atoms with Crippen LogP contribution in [-0.2, 0) is 19.6 Å². The SMILES string of the molecule is CC1C(=O)NC(=O)CN1S(=O)(=O)c1c(Cl)cccc1Cl. The van der Waals surface area contributed by atoms with Crippen molar-refractivity contribution in [1.82, 2.24) is 9.62 Å². The highest BCUT2D eigenvalue weighted by Crippen LogP contribution is 2.32. The second kappa shape index (κ2) is 5.33. The molecule has 1 N–H and O–H groups in total. The normalized spacial score (nSPS) is 20.9. The van der Waals surface area contributed by atoms with E-state index in [4.69, 9.17) is 23.2 Å². The topological polar surface area (TPSA) is 83.6 Å². The van der Waals surface area contributed by atoms with Crippen molar-refractivity contribution in [2.24, 2.45) is 0 Å². The fraction of sp³-hybridized carbons (Fsp3) is 0.273. The maximum Gasteiger partial charge on any atom is 0.247 e. The molecule has 6 nitrogen and oxygen atoms in total. The summed E-state index contributed by atoms with van der Waals surface area (Å²) in [5, 5.41) is 1.93. The van der Waals surface area contributed by atoms with Crippen LogP contribution in [0.4, 0.5) is 0 Å². The molecule has 1 aliphatic heterocycles. The van der Waals surface area contributed by atoms with Gasteiger partial charge in [0.2, 0.25) is 21.8 Å². The number of imide groups is 1. The van der Waals surface area contributed by atoms with Gasteiger partial charge < -0.3 is 0 Å². The third kappa shape index (κ3) is 2.54. The number of amides is 2. The van der Waals surface area contributed by atoms with Crippen LogP contribution < -0.4 is 5.32 Å². The number of nitrogens with one attached hydrogen (secondary N) is 1. The fourth-order valence-corrected chi connectivity index (χ4v) is 4.48. The summed E-state index contributed by atoms with van der Waals surface area (Å²) in [7, 11) is -4.15. The molecule has 0 aromatic heterocycles. The Morgan fingerprint density at radius 1 is 1.25 bits per heavy atom. The van der Waals surface area contributed by atoms with E-state index in [1.165, 1.54) is 25.1 Å². The quantitative estimate of drug-likeness (QED) is 0.817. The van der Waals surface area contributed by atoms with E-state index >= 15 is 0 Å². The Hall–Kier alpha value is -1.15. The molecule has 1 saturated heterocycles. The summed E-state index contributed by atoms with van der Waals surface area (Å²) in [6.07, 6.45) is 0. The van der Waals surface area contributed by atoms with Crippen molar-refractivity contribution in [3.8, 4) is 0 Å². The molecule has 20 heavy (non-hydrogen) atoms. The Labute approximate surface area is 125 Å². The number of rotatable bonds is 2. The van der Waals surface area contributed by atoms with Gasteiger partial charge in [0.25, 0.3) is 0 Å². The average Bonchev–Trinajstić information content (AvgIpc) is 2.33. The van der Waals surface area contributed by atoms with E-state index in [0.717, 1.165) is 4.31 Å². The molecule has 0 radical (unpaired) electrons. The molecule has 2 rings (SSSR count). The van der Waals surface area contributed by atoms with E-state index in [0.29, 0.717) is 0 Å². The largest absolute Gasteiger partial charge is 0.294 e. The van der Waals surface area contributed by atoms with Gasteiger partial charge in [-0.25, -0.2) is 8.42 Å². The van der Waals surface area contributed by atoms with Crippen LogP contribution in [0.25, 0.3) is 0 Å². The van der Waals surface area contributed by atoms with Crippen LogP contribution in [0.1, 0.15) is 6.92 Å². The van der Waals surface area contributed by atoms with Crippen molar-refractivity contribution >= 4 is 45.0 Å². The van der Waals surface area contributed by atoms with Crippen LogP contribution in [0.5, 0.6) is 0 Å². The molecular weight excluding hydrogens is 327 g/mol. The first kappa shape index (κ1) is 15.2. The Bertz CT molecular complexity index is 669. The fourth-order valence-electron chi connectivity index (χ4n) is 1.83. The number of sulfonamides is 1. The molecule has 1 atom stereocenters. The number of carbonyl (C=O) groups excluding carboxylic acids is 2. The Morgan fingerprint density at radius 2 is 1.80 bits per heavy atom. The number of benzene rings is 1. The zero-order valence-electron chi connectivity index (χ0n) is 10.3. The minimum absolute atomic E-state index is 0.0665. The lowest BCUT2D eigenvalue weighted by molar-refractivity contribution is -0.136. The van der Waals surface area contributed by atoms with Crippen molar-refractivity contribution in [3.05, 3.63) is 28.2 Å². The number of hydrogen-bond acceptors (Lipinski definition) is 4. The van der Waals surface area contributed by atoms with Gasteiger partial charge in [-0.05, 0) is 19.1 Å². The van der Waals surface area contributed by atoms with Crippen molar-refractivity contribution in [1.29, 1.82) is 0 Å². The first-order chi connectivity index (χ1) is 9.25. The lowest BCUT2D eigenvalue weighted by Gasteiger charge is -2.31. The number of halogens is 2. The van der Waals surface area contributed by atoms with Crippen molar-refractivity contribution in [2.45, 2.75) is 17.9 Å². The Kier molecular flexibility index (Phi) is 4.06. The van der Waals surface area contributed by atoms with E-state index in [1.54, 1.807) is 0 Å². The van der Waals surface area contributed by atoms with Crippen LogP contribution in [0, 0.1) is 0 Å². The highest BCUT2D eigenvalue weighted by molar-refractivity contribution is 7.89. The van der Waals surface area contributed by atoms with E-state index in [-0.39, 0.29) is 14.9 Å². The minimum Gasteiger partial charge on any atom is -0.294 e. The summed E-state index contributed by atoms with van der Waals surface area (Å²) < 4.78 is 25.9. The van der Waals surface area contributed by atoms with Crippen molar-refractivity contribution in [2.75, 3.05) is 6.54 Å². The average molecular weight is 337 g/mol. The Balaban J connectivity index is 2.55. The van der Waals surface area contributed by atoms with Gasteiger partial charge in [-0.2, -0.15) is 4.31 Å². The van der Waals surface area contributed by atoms with E-state index in [2.05, 4.69) is 5.32 Å². The van der Waals surface area contributed by atoms with Crippen molar-refractivity contribution < 1.29 is 18.0 Å². The van der Waals surface area contributed by atoms with Gasteiger partial charge in [0.15, 0.2) is 0 Å². The van der Waals surface area contributed by atoms with Gasteiger partial charge in [0, 0.05) is 0 Å². The predicted molar refractivity (Wildman–Crippen MR) is 73.0 cm³/mol. The molecule has 1 unspecified atom stereocenters. The zero-order valence-corrected chi connectivity index (χ0v) is 12.6. The maximum absolute atomic E-state index is 12.6. The molecule has 1 heterocycles. The highest BCUT2D eigenvalue weighted by atomic mass is 35.5. The molecule has 1 aliphatic rings. The van der Waals surface area contributed by atoms with Crippen molar-refractivity contribution in [3.63, 3.8) is 0 Å². The molecule has 0 aliphatic carbocycles. The number of piperazine rings is 1. The third-order valence-electron chi connectivity index (χ3n) is 2.86. The first-order valence-electron chi connectivity index (χ1n) is 5.54. The summed E-state index contributed by atoms with van der Waals surface area (Å²) in [6.45, 7) is 0.918. The molecular formula is C11H10Cl2N2O4S. The lowest BCUT2D eigenvalue weighted by Crippen LogP contribution is -2.58. The Morgan fingerprint density at radius 3 is 2.35 bits per heavy atom. The van der Waals surface area contributed by atoms with Crippen LogP contribution >= 0.6 is 23.2 Å². The van der Waals surface area contributed by atoms with Crippen LogP contribution in [-0.4, -0.2) is 37.1 Å². The maximum atomic E-state index is 12.6. The van der Waals surface area contributed by atoms with Crippen LogP contribution in [0.15, 0.2) is 23.1 Å². The lowest BCUT2D eigenvalue weighted by atomic mass is 10.2. The second-order valence-electron chi connectivity index (χ2n) is 4.19. The number of hydrogen-bond donors (Lipinski definition) is 1. The summed E-state index contributed by atoms with van der Waals surface area (Å²) in [5.74, 6) is -1.38. The van der Waals surface area contributed by atoms with Gasteiger partial charge in [-0.15, -0.1) is 0 Å². The minimum atomic E-state index is -4.15. The second-order valence-corrected chi connectivity index (χ2v) is 6.83. The summed E-state index contributed by atoms with van der Waals surface area (Å²) >= 11 is 11.8. The monoisotopic (exact) mass is 336 g/mol. The number of carbonyl (C=O) groups is 2. The van der Waals surface area contributed by atoms with Gasteiger partial charge in [-0.3, -0.25) is 14.9 Å². The van der Waals surface area contributed by atoms with Crippen LogP contribution in [0.2, 0.25) is 10.0 Å². The molecule has 1 fully saturated rings. The third-order valence-corrected chi connectivity index (χ3v) is 5.73. The molecule has 9 heteroatoms. The molecule has 2 amide bonds. The summed E-state index contributed by atoms with van der Waals surface area (Å²) in [4.78, 5) is 22.6. The predicted octanol–water partition coefficient (Wildman–Crippen LogP) is 1.03. The molecule has 0 saturated carbocycles. The molecule has 1 aromatic rings. The van der Waals surface area contributed by atoms with E-state index in [9.17, 15) is 18.0 Å². The first-order valence-corrected chi connectivity index (χ1v) is 7.74. The standard InChI is InChI=1S/C11H10Cl2N2O4S/c1-6-11(17)14-9(16)5-15(6)20(18,19)10-7(12)3-2-4-8(10)13/h2-4,6H,5H2,1H3,(H,14,16,17). The van der Waals surface area contributed by atoms with Gasteiger partial charge in [-0.1, -0.05) is 29.3 Å². The van der Waals surface area contributed by atoms with Gasteiger partial charge in [0.1, 0.15) is 10.9 Å². The smallest absolute Gasteiger partial charge is 0.247 e. The highest BCUT2D eigenvalue weighted by Gasteiger charge is 2.40. The van der Waals surface area contributed by atoms with E-state index < -0.39 is 34.4 Å². The summed E-state index contributed by atoms with van der Waals surface area (Å²) in [6, 6.07) is 3.22. The van der Waals surface area contributed by atoms with Gasteiger partial charge >= 0.3 is 0 Å².